The van der Waals surface area contributed by atoms with Gasteiger partial charge in [0.1, 0.15) is 6.33 Å². The molecule has 5 nitrogen and oxygen atoms in total. The van der Waals surface area contributed by atoms with Crippen LogP contribution in [-0.4, -0.2) is 30.2 Å². The average Bonchev–Trinajstić information content (AvgIpc) is 2.54. The first-order valence-electron chi connectivity index (χ1n) is 7.25. The SMILES string of the molecule is CCCNc1ncnc(NCCc2ccccc2)c1OC. The van der Waals surface area contributed by atoms with Gasteiger partial charge in [-0.3, -0.25) is 0 Å². The second kappa shape index (κ2) is 8.09. The zero-order valence-electron chi connectivity index (χ0n) is 12.6. The highest BCUT2D eigenvalue weighted by Crippen LogP contribution is 2.28. The summed E-state index contributed by atoms with van der Waals surface area (Å²) in [7, 11) is 1.64. The molecule has 21 heavy (non-hydrogen) atoms. The lowest BCUT2D eigenvalue weighted by Gasteiger charge is -2.13. The van der Waals surface area contributed by atoms with Crippen LogP contribution in [0.4, 0.5) is 11.6 Å². The van der Waals surface area contributed by atoms with E-state index in [1.165, 1.54) is 5.56 Å². The molecular formula is C16H22N4O. The largest absolute Gasteiger partial charge is 0.490 e. The highest BCUT2D eigenvalue weighted by molar-refractivity contribution is 5.63. The van der Waals surface area contributed by atoms with E-state index in [4.69, 9.17) is 4.74 Å². The lowest BCUT2D eigenvalue weighted by atomic mass is 10.1. The topological polar surface area (TPSA) is 59.1 Å². The molecule has 1 aromatic heterocycles. The smallest absolute Gasteiger partial charge is 0.204 e. The predicted molar refractivity (Wildman–Crippen MR) is 86.0 cm³/mol. The molecule has 2 aromatic rings. The van der Waals surface area contributed by atoms with Crippen molar-refractivity contribution >= 4 is 11.6 Å². The summed E-state index contributed by atoms with van der Waals surface area (Å²) < 4.78 is 5.43. The van der Waals surface area contributed by atoms with Crippen LogP contribution in [0.2, 0.25) is 0 Å². The van der Waals surface area contributed by atoms with Crippen LogP contribution in [0.15, 0.2) is 36.7 Å². The maximum absolute atomic E-state index is 5.43. The molecule has 2 N–H and O–H groups in total. The van der Waals surface area contributed by atoms with Crippen molar-refractivity contribution in [1.82, 2.24) is 9.97 Å². The molecule has 0 bridgehead atoms. The molecule has 0 spiro atoms. The normalized spacial score (nSPS) is 10.2. The van der Waals surface area contributed by atoms with Crippen LogP contribution >= 0.6 is 0 Å². The van der Waals surface area contributed by atoms with Gasteiger partial charge in [-0.25, -0.2) is 9.97 Å². The van der Waals surface area contributed by atoms with Crippen LogP contribution in [0.5, 0.6) is 5.75 Å². The minimum absolute atomic E-state index is 0.666. The molecule has 0 unspecified atom stereocenters. The number of ether oxygens (including phenoxy) is 1. The summed E-state index contributed by atoms with van der Waals surface area (Å²) in [5.74, 6) is 2.12. The van der Waals surface area contributed by atoms with Crippen molar-refractivity contribution < 1.29 is 4.74 Å². The Balaban J connectivity index is 1.98. The molecule has 0 radical (unpaired) electrons. The van der Waals surface area contributed by atoms with Gasteiger partial charge in [-0.2, -0.15) is 0 Å². The Kier molecular flexibility index (Phi) is 5.82. The summed E-state index contributed by atoms with van der Waals surface area (Å²) in [6.07, 6.45) is 3.51. The van der Waals surface area contributed by atoms with E-state index in [1.807, 2.05) is 18.2 Å². The van der Waals surface area contributed by atoms with Gasteiger partial charge in [0, 0.05) is 13.1 Å². The predicted octanol–water partition coefficient (Wildman–Crippen LogP) is 2.96. The number of benzene rings is 1. The van der Waals surface area contributed by atoms with Gasteiger partial charge in [-0.15, -0.1) is 0 Å². The summed E-state index contributed by atoms with van der Waals surface area (Å²) in [6.45, 7) is 3.77. The highest BCUT2D eigenvalue weighted by Gasteiger charge is 2.11. The van der Waals surface area contributed by atoms with Gasteiger partial charge in [0.05, 0.1) is 7.11 Å². The van der Waals surface area contributed by atoms with E-state index < -0.39 is 0 Å². The Morgan fingerprint density at radius 1 is 1.00 bits per heavy atom. The first-order chi connectivity index (χ1) is 10.3. The zero-order chi connectivity index (χ0) is 14.9. The van der Waals surface area contributed by atoms with E-state index in [9.17, 15) is 0 Å². The number of nitrogens with one attached hydrogen (secondary N) is 2. The second-order valence-electron chi connectivity index (χ2n) is 4.69. The van der Waals surface area contributed by atoms with Crippen molar-refractivity contribution in [3.63, 3.8) is 0 Å². The molecule has 0 atom stereocenters. The van der Waals surface area contributed by atoms with E-state index in [1.54, 1.807) is 13.4 Å². The Morgan fingerprint density at radius 3 is 2.29 bits per heavy atom. The van der Waals surface area contributed by atoms with Crippen molar-refractivity contribution in [1.29, 1.82) is 0 Å². The molecule has 0 amide bonds. The van der Waals surface area contributed by atoms with Crippen LogP contribution in [0.1, 0.15) is 18.9 Å². The molecule has 0 saturated heterocycles. The molecule has 5 heteroatoms. The van der Waals surface area contributed by atoms with Crippen molar-refractivity contribution in [2.75, 3.05) is 30.8 Å². The second-order valence-corrected chi connectivity index (χ2v) is 4.69. The van der Waals surface area contributed by atoms with Crippen LogP contribution in [-0.2, 0) is 6.42 Å². The monoisotopic (exact) mass is 286 g/mol. The average molecular weight is 286 g/mol. The van der Waals surface area contributed by atoms with Gasteiger partial charge in [0.15, 0.2) is 11.6 Å². The summed E-state index contributed by atoms with van der Waals surface area (Å²) in [4.78, 5) is 8.49. The fourth-order valence-corrected chi connectivity index (χ4v) is 2.03. The molecule has 2 rings (SSSR count). The zero-order valence-corrected chi connectivity index (χ0v) is 12.6. The van der Waals surface area contributed by atoms with Crippen LogP contribution in [0, 0.1) is 0 Å². The summed E-state index contributed by atoms with van der Waals surface area (Å²) in [5, 5.41) is 6.56. The summed E-state index contributed by atoms with van der Waals surface area (Å²) in [5.41, 5.74) is 1.29. The first kappa shape index (κ1) is 15.1. The van der Waals surface area contributed by atoms with Crippen molar-refractivity contribution in [2.24, 2.45) is 0 Å². The third kappa shape index (κ3) is 4.34. The van der Waals surface area contributed by atoms with Gasteiger partial charge < -0.3 is 15.4 Å². The molecule has 0 saturated carbocycles. The Bertz CT molecular complexity index is 545. The molecule has 0 aliphatic heterocycles. The Morgan fingerprint density at radius 2 is 1.67 bits per heavy atom. The number of hydrogen-bond donors (Lipinski definition) is 2. The van der Waals surface area contributed by atoms with Gasteiger partial charge in [-0.05, 0) is 18.4 Å². The molecule has 112 valence electrons. The van der Waals surface area contributed by atoms with Crippen molar-refractivity contribution in [3.8, 4) is 5.75 Å². The third-order valence-electron chi connectivity index (χ3n) is 3.10. The lowest BCUT2D eigenvalue weighted by molar-refractivity contribution is 0.414. The fraction of sp³-hybridized carbons (Fsp3) is 0.375. The van der Waals surface area contributed by atoms with Crippen LogP contribution in [0.25, 0.3) is 0 Å². The first-order valence-corrected chi connectivity index (χ1v) is 7.25. The van der Waals surface area contributed by atoms with Gasteiger partial charge in [-0.1, -0.05) is 37.3 Å². The maximum Gasteiger partial charge on any atom is 0.204 e. The number of rotatable bonds is 8. The molecule has 0 aliphatic rings. The number of hydrogen-bond acceptors (Lipinski definition) is 5. The van der Waals surface area contributed by atoms with Crippen LogP contribution < -0.4 is 15.4 Å². The number of nitrogens with zero attached hydrogens (tertiary/aromatic N) is 2. The van der Waals surface area contributed by atoms with E-state index in [-0.39, 0.29) is 0 Å². The molecule has 1 heterocycles. The number of aromatic nitrogens is 2. The number of methoxy groups -OCH3 is 1. The summed E-state index contributed by atoms with van der Waals surface area (Å²) in [6, 6.07) is 10.4. The van der Waals surface area contributed by atoms with Crippen LogP contribution in [0.3, 0.4) is 0 Å². The minimum Gasteiger partial charge on any atom is -0.490 e. The van der Waals surface area contributed by atoms with Crippen molar-refractivity contribution in [3.05, 3.63) is 42.2 Å². The van der Waals surface area contributed by atoms with E-state index in [0.717, 1.165) is 37.6 Å². The van der Waals surface area contributed by atoms with Gasteiger partial charge >= 0.3 is 0 Å². The molecule has 0 fully saturated rings. The molecule has 1 aromatic carbocycles. The Labute approximate surface area is 125 Å². The number of anilines is 2. The maximum atomic E-state index is 5.43. The van der Waals surface area contributed by atoms with Gasteiger partial charge in [0.25, 0.3) is 0 Å². The standard InChI is InChI=1S/C16H22N4O/c1-3-10-17-15-14(21-2)16(20-12-19-15)18-11-9-13-7-5-4-6-8-13/h4-8,12H,3,9-11H2,1-2H3,(H2,17,18,19,20). The molecule has 0 aliphatic carbocycles. The van der Waals surface area contributed by atoms with Gasteiger partial charge in [0.2, 0.25) is 5.75 Å². The summed E-state index contributed by atoms with van der Waals surface area (Å²) >= 11 is 0. The molecular weight excluding hydrogens is 264 g/mol. The lowest BCUT2D eigenvalue weighted by Crippen LogP contribution is -2.11. The minimum atomic E-state index is 0.666. The fourth-order valence-electron chi connectivity index (χ4n) is 2.03. The van der Waals surface area contributed by atoms with Crippen molar-refractivity contribution in [2.45, 2.75) is 19.8 Å². The van der Waals surface area contributed by atoms with E-state index in [2.05, 4.69) is 39.7 Å². The quantitative estimate of drug-likeness (QED) is 0.781. The third-order valence-corrected chi connectivity index (χ3v) is 3.10. The highest BCUT2D eigenvalue weighted by atomic mass is 16.5. The Hall–Kier alpha value is -2.30. The van der Waals surface area contributed by atoms with E-state index in [0.29, 0.717) is 5.75 Å². The van der Waals surface area contributed by atoms with E-state index >= 15 is 0 Å².